The number of anilines is 1. The molecule has 2 aromatic carbocycles. The molecule has 0 saturated heterocycles. The number of carbonyl (C=O) groups is 1. The van der Waals surface area contributed by atoms with Crippen molar-refractivity contribution in [1.29, 1.82) is 0 Å². The summed E-state index contributed by atoms with van der Waals surface area (Å²) in [4.78, 5) is 16.6. The molecule has 0 aliphatic rings. The van der Waals surface area contributed by atoms with Crippen LogP contribution in [0.4, 0.5) is 11.4 Å². The van der Waals surface area contributed by atoms with Gasteiger partial charge in [-0.2, -0.15) is 0 Å². The van der Waals surface area contributed by atoms with Crippen LogP contribution >= 0.6 is 0 Å². The molecule has 0 atom stereocenters. The number of rotatable bonds is 5. The molecule has 0 aliphatic carbocycles. The van der Waals surface area contributed by atoms with Gasteiger partial charge in [0.05, 0.1) is 18.5 Å². The summed E-state index contributed by atoms with van der Waals surface area (Å²) in [6, 6.07) is 15.6. The Morgan fingerprint density at radius 3 is 2.17 bits per heavy atom. The van der Waals surface area contributed by atoms with Gasteiger partial charge in [-0.05, 0) is 36.1 Å². The molecule has 0 bridgehead atoms. The van der Waals surface area contributed by atoms with Crippen molar-refractivity contribution >= 4 is 23.2 Å². The second-order valence-electron chi connectivity index (χ2n) is 5.20. The van der Waals surface area contributed by atoms with Crippen LogP contribution in [0.2, 0.25) is 0 Å². The fraction of sp³-hybridized carbons (Fsp3) is 0.263. The molecule has 0 saturated carbocycles. The number of hydrogen-bond acceptors (Lipinski definition) is 4. The van der Waals surface area contributed by atoms with E-state index in [1.165, 1.54) is 7.11 Å². The second kappa shape index (κ2) is 8.72. The lowest BCUT2D eigenvalue weighted by Crippen LogP contribution is -2.36. The number of aryl methyl sites for hydroxylation is 2. The number of carbonyl (C=O) groups excluding carboxylic acids is 1. The van der Waals surface area contributed by atoms with E-state index in [9.17, 15) is 4.79 Å². The topological polar surface area (TPSA) is 62.7 Å². The Hall–Kier alpha value is -2.82. The zero-order chi connectivity index (χ0) is 17.4. The number of amidine groups is 1. The van der Waals surface area contributed by atoms with Gasteiger partial charge < -0.3 is 4.74 Å². The van der Waals surface area contributed by atoms with E-state index in [1.807, 2.05) is 48.5 Å². The van der Waals surface area contributed by atoms with Crippen LogP contribution in [-0.2, 0) is 22.4 Å². The fourth-order valence-corrected chi connectivity index (χ4v) is 2.34. The quantitative estimate of drug-likeness (QED) is 0.381. The van der Waals surface area contributed by atoms with Gasteiger partial charge in [0.15, 0.2) is 0 Å². The molecule has 24 heavy (non-hydrogen) atoms. The summed E-state index contributed by atoms with van der Waals surface area (Å²) in [5, 5.41) is 0. The van der Waals surface area contributed by atoms with E-state index in [0.717, 1.165) is 35.3 Å². The van der Waals surface area contributed by atoms with Gasteiger partial charge in [-0.3, -0.25) is 10.9 Å². The standard InChI is InChI=1S/C19H23N3O2/c1-4-14-10-9-11-15(5-2)17(14)20-18(19(23)24-3)22-21-16-12-7-6-8-13-16/h6-13,21H,4-5H2,1-3H3,(H,20,22). The smallest absolute Gasteiger partial charge is 0.375 e. The number of nitrogens with one attached hydrogen (secondary N) is 2. The molecular formula is C19H23N3O2. The van der Waals surface area contributed by atoms with Gasteiger partial charge in [0.1, 0.15) is 0 Å². The normalized spacial score (nSPS) is 11.0. The van der Waals surface area contributed by atoms with E-state index in [0.29, 0.717) is 0 Å². The van der Waals surface area contributed by atoms with Crippen LogP contribution in [-0.4, -0.2) is 18.9 Å². The van der Waals surface area contributed by atoms with E-state index >= 15 is 0 Å². The molecule has 0 unspecified atom stereocenters. The Morgan fingerprint density at radius 1 is 1.00 bits per heavy atom. The molecule has 0 spiro atoms. The van der Waals surface area contributed by atoms with Crippen LogP contribution < -0.4 is 10.9 Å². The molecule has 0 heterocycles. The summed E-state index contributed by atoms with van der Waals surface area (Å²) in [6.45, 7) is 4.14. The van der Waals surface area contributed by atoms with E-state index in [4.69, 9.17) is 4.74 Å². The highest BCUT2D eigenvalue weighted by atomic mass is 16.5. The van der Waals surface area contributed by atoms with Gasteiger partial charge >= 0.3 is 5.97 Å². The third-order valence-electron chi connectivity index (χ3n) is 3.67. The molecule has 5 heteroatoms. The lowest BCUT2D eigenvalue weighted by Gasteiger charge is -2.13. The van der Waals surface area contributed by atoms with Crippen LogP contribution in [0.15, 0.2) is 53.5 Å². The van der Waals surface area contributed by atoms with Crippen molar-refractivity contribution in [2.24, 2.45) is 4.99 Å². The third-order valence-corrected chi connectivity index (χ3v) is 3.67. The third kappa shape index (κ3) is 4.35. The van der Waals surface area contributed by atoms with E-state index in [1.54, 1.807) is 0 Å². The van der Waals surface area contributed by atoms with Crippen molar-refractivity contribution < 1.29 is 9.53 Å². The van der Waals surface area contributed by atoms with Gasteiger partial charge in [-0.25, -0.2) is 9.79 Å². The number of ether oxygens (including phenoxy) is 1. The summed E-state index contributed by atoms with van der Waals surface area (Å²) >= 11 is 0. The zero-order valence-electron chi connectivity index (χ0n) is 14.3. The van der Waals surface area contributed by atoms with Gasteiger partial charge in [-0.15, -0.1) is 0 Å². The molecular weight excluding hydrogens is 302 g/mol. The molecule has 0 aromatic heterocycles. The number of benzene rings is 2. The number of nitrogens with zero attached hydrogens (tertiary/aromatic N) is 1. The van der Waals surface area contributed by atoms with Crippen molar-refractivity contribution in [3.63, 3.8) is 0 Å². The Balaban J connectivity index is 2.34. The molecule has 5 nitrogen and oxygen atoms in total. The van der Waals surface area contributed by atoms with E-state index in [-0.39, 0.29) is 5.84 Å². The number of methoxy groups -OCH3 is 1. The number of hydrogen-bond donors (Lipinski definition) is 2. The highest BCUT2D eigenvalue weighted by Crippen LogP contribution is 2.26. The lowest BCUT2D eigenvalue weighted by atomic mass is 10.0. The molecule has 2 N–H and O–H groups in total. The maximum atomic E-state index is 12.1. The van der Waals surface area contributed by atoms with Crippen LogP contribution in [0.25, 0.3) is 0 Å². The minimum Gasteiger partial charge on any atom is -0.463 e. The van der Waals surface area contributed by atoms with E-state index in [2.05, 4.69) is 29.7 Å². The molecule has 0 fully saturated rings. The lowest BCUT2D eigenvalue weighted by molar-refractivity contribution is -0.132. The predicted molar refractivity (Wildman–Crippen MR) is 97.5 cm³/mol. The first kappa shape index (κ1) is 17.5. The summed E-state index contributed by atoms with van der Waals surface area (Å²) in [7, 11) is 1.34. The summed E-state index contributed by atoms with van der Waals surface area (Å²) in [6.07, 6.45) is 1.68. The molecule has 126 valence electrons. The highest BCUT2D eigenvalue weighted by molar-refractivity contribution is 6.36. The van der Waals surface area contributed by atoms with Crippen molar-refractivity contribution in [2.45, 2.75) is 26.7 Å². The van der Waals surface area contributed by atoms with Gasteiger partial charge in [0, 0.05) is 0 Å². The van der Waals surface area contributed by atoms with Crippen LogP contribution in [0, 0.1) is 0 Å². The summed E-state index contributed by atoms with van der Waals surface area (Å²) < 4.78 is 4.85. The average Bonchev–Trinajstić information content (AvgIpc) is 2.65. The van der Waals surface area contributed by atoms with Gasteiger partial charge in [0.25, 0.3) is 0 Å². The molecule has 0 radical (unpaired) electrons. The Bertz CT molecular complexity index is 690. The van der Waals surface area contributed by atoms with Crippen LogP contribution in [0.5, 0.6) is 0 Å². The maximum absolute atomic E-state index is 12.1. The zero-order valence-corrected chi connectivity index (χ0v) is 14.3. The SMILES string of the molecule is CCc1cccc(CC)c1N=C(NNc1ccccc1)C(=O)OC. The minimum absolute atomic E-state index is 0.122. The number of hydrazine groups is 1. The molecule has 2 rings (SSSR count). The van der Waals surface area contributed by atoms with Crippen molar-refractivity contribution in [2.75, 3.05) is 12.5 Å². The van der Waals surface area contributed by atoms with Crippen LogP contribution in [0.1, 0.15) is 25.0 Å². The largest absolute Gasteiger partial charge is 0.463 e. The maximum Gasteiger partial charge on any atom is 0.375 e. The fourth-order valence-electron chi connectivity index (χ4n) is 2.34. The number of aliphatic imine (C=N–C) groups is 1. The first-order chi connectivity index (χ1) is 11.7. The average molecular weight is 325 g/mol. The summed E-state index contributed by atoms with van der Waals surface area (Å²) in [5.41, 5.74) is 9.68. The summed E-state index contributed by atoms with van der Waals surface area (Å²) in [5.74, 6) is -0.400. The first-order valence-electron chi connectivity index (χ1n) is 8.04. The Morgan fingerprint density at radius 2 is 1.62 bits per heavy atom. The minimum atomic E-state index is -0.522. The molecule has 2 aromatic rings. The van der Waals surface area contributed by atoms with Gasteiger partial charge in [-0.1, -0.05) is 50.2 Å². The van der Waals surface area contributed by atoms with Crippen molar-refractivity contribution in [3.8, 4) is 0 Å². The first-order valence-corrected chi connectivity index (χ1v) is 8.04. The number of para-hydroxylation sites is 2. The van der Waals surface area contributed by atoms with Gasteiger partial charge in [0.2, 0.25) is 5.84 Å². The van der Waals surface area contributed by atoms with Crippen LogP contribution in [0.3, 0.4) is 0 Å². The Kier molecular flexibility index (Phi) is 6.37. The molecule has 0 amide bonds. The predicted octanol–water partition coefficient (Wildman–Crippen LogP) is 3.63. The number of esters is 1. The Labute approximate surface area is 142 Å². The van der Waals surface area contributed by atoms with E-state index < -0.39 is 5.97 Å². The van der Waals surface area contributed by atoms with Crippen molar-refractivity contribution in [3.05, 3.63) is 59.7 Å². The monoisotopic (exact) mass is 325 g/mol. The second-order valence-corrected chi connectivity index (χ2v) is 5.20. The molecule has 0 aliphatic heterocycles. The highest BCUT2D eigenvalue weighted by Gasteiger charge is 2.14. The van der Waals surface area contributed by atoms with Crippen molar-refractivity contribution in [1.82, 2.24) is 5.43 Å².